The Bertz CT molecular complexity index is 1410. The molecule has 3 N–H and O–H groups in total. The molecule has 3 aromatic rings. The Kier molecular flexibility index (Phi) is 6.32. The van der Waals surface area contributed by atoms with Crippen LogP contribution in [0.4, 0.5) is 5.69 Å². The number of hydrogen-bond donors (Lipinski definition) is 3. The van der Waals surface area contributed by atoms with Crippen LogP contribution in [0, 0.1) is 6.92 Å². The summed E-state index contributed by atoms with van der Waals surface area (Å²) in [7, 11) is 1.42. The molecule has 1 amide bonds. The number of nitrogens with one attached hydrogen (secondary N) is 1. The quantitative estimate of drug-likeness (QED) is 0.435. The van der Waals surface area contributed by atoms with Crippen molar-refractivity contribution in [2.45, 2.75) is 51.0 Å². The van der Waals surface area contributed by atoms with Crippen molar-refractivity contribution in [1.29, 1.82) is 0 Å². The number of carbonyl (C=O) groups is 1. The van der Waals surface area contributed by atoms with Crippen molar-refractivity contribution in [2.75, 3.05) is 19.2 Å². The van der Waals surface area contributed by atoms with Gasteiger partial charge in [0.2, 0.25) is 13.1 Å². The Labute approximate surface area is 211 Å². The molecule has 0 aliphatic carbocycles. The average Bonchev–Trinajstić information content (AvgIpc) is 3.33. The van der Waals surface area contributed by atoms with Gasteiger partial charge in [0.25, 0.3) is 5.91 Å². The molecule has 0 bridgehead atoms. The summed E-state index contributed by atoms with van der Waals surface area (Å²) in [5.74, 6) is 0.761. The minimum atomic E-state index is -1.38. The molecule has 5 rings (SSSR count). The van der Waals surface area contributed by atoms with Crippen LogP contribution < -0.4 is 25.2 Å². The van der Waals surface area contributed by atoms with Crippen molar-refractivity contribution in [1.82, 2.24) is 0 Å². The lowest BCUT2D eigenvalue weighted by Crippen LogP contribution is -2.63. The summed E-state index contributed by atoms with van der Waals surface area (Å²) in [4.78, 5) is 25.4. The molecule has 2 aromatic carbocycles. The molecule has 4 atom stereocenters. The van der Waals surface area contributed by atoms with Crippen LogP contribution in [-0.2, 0) is 9.47 Å². The van der Waals surface area contributed by atoms with Crippen LogP contribution in [0.2, 0.25) is 0 Å². The first-order valence-electron chi connectivity index (χ1n) is 11.6. The van der Waals surface area contributed by atoms with Gasteiger partial charge in [0.05, 0.1) is 5.60 Å². The van der Waals surface area contributed by atoms with Gasteiger partial charge in [-0.15, -0.1) is 0 Å². The SMILES string of the molecule is CO[C@@H]1[C@@H](O)[C@H](O)[C@H](Oc2ccc3cc(NC(=O)c4ccc5c(c4)OCO5)c(=O)oc3c2C)OC1(C)C. The van der Waals surface area contributed by atoms with Crippen molar-refractivity contribution in [3.05, 3.63) is 57.9 Å². The number of ether oxygens (including phenoxy) is 5. The Morgan fingerprint density at radius 1 is 1.08 bits per heavy atom. The van der Waals surface area contributed by atoms with Gasteiger partial charge in [-0.25, -0.2) is 4.79 Å². The summed E-state index contributed by atoms with van der Waals surface area (Å²) >= 11 is 0. The summed E-state index contributed by atoms with van der Waals surface area (Å²) < 4.78 is 33.1. The third kappa shape index (κ3) is 4.51. The summed E-state index contributed by atoms with van der Waals surface area (Å²) in [6.07, 6.45) is -4.58. The van der Waals surface area contributed by atoms with Crippen LogP contribution in [0.5, 0.6) is 17.2 Å². The van der Waals surface area contributed by atoms with Gasteiger partial charge in [0.15, 0.2) is 11.5 Å². The van der Waals surface area contributed by atoms with Crippen LogP contribution in [0.3, 0.4) is 0 Å². The highest BCUT2D eigenvalue weighted by molar-refractivity contribution is 6.05. The molecule has 1 fully saturated rings. The molecular formula is C26H27NO10. The van der Waals surface area contributed by atoms with E-state index in [1.54, 1.807) is 45.0 Å². The third-order valence-corrected chi connectivity index (χ3v) is 6.53. The first-order valence-corrected chi connectivity index (χ1v) is 11.6. The van der Waals surface area contributed by atoms with E-state index in [0.717, 1.165) is 0 Å². The highest BCUT2D eigenvalue weighted by atomic mass is 16.7. The molecule has 1 saturated heterocycles. The molecular weight excluding hydrogens is 486 g/mol. The van der Waals surface area contributed by atoms with E-state index in [4.69, 9.17) is 28.1 Å². The molecule has 0 spiro atoms. The zero-order chi connectivity index (χ0) is 26.5. The minimum absolute atomic E-state index is 0.0373. The maximum atomic E-state index is 12.7. The number of amides is 1. The predicted octanol–water partition coefficient (Wildman–Crippen LogP) is 2.33. The standard InChI is InChI=1S/C26H27NO10/c1-12-16(35-25-20(29)19(28)22(32-4)26(2,3)37-25)7-5-13-9-15(24(31)36-21(12)13)27-23(30)14-6-8-17-18(10-14)34-11-33-17/h5-10,19-20,22,25,28-29H,11H2,1-4H3,(H,27,30)/t19-,20-,22+,25+/m0/s1. The minimum Gasteiger partial charge on any atom is -0.462 e. The van der Waals surface area contributed by atoms with E-state index >= 15 is 0 Å². The Morgan fingerprint density at radius 2 is 1.84 bits per heavy atom. The lowest BCUT2D eigenvalue weighted by molar-refractivity contribution is -0.306. The Morgan fingerprint density at radius 3 is 2.59 bits per heavy atom. The number of anilines is 1. The molecule has 11 heteroatoms. The second kappa shape index (κ2) is 9.34. The highest BCUT2D eigenvalue weighted by Crippen LogP contribution is 2.35. The molecule has 0 unspecified atom stereocenters. The van der Waals surface area contributed by atoms with E-state index in [0.29, 0.717) is 22.4 Å². The van der Waals surface area contributed by atoms with Crippen LogP contribution in [0.15, 0.2) is 45.6 Å². The lowest BCUT2D eigenvalue weighted by atomic mass is 9.89. The van der Waals surface area contributed by atoms with Gasteiger partial charge in [-0.2, -0.15) is 0 Å². The first-order chi connectivity index (χ1) is 17.6. The molecule has 0 saturated carbocycles. The van der Waals surface area contributed by atoms with Crippen molar-refractivity contribution >= 4 is 22.6 Å². The summed E-state index contributed by atoms with van der Waals surface area (Å²) in [6.45, 7) is 5.20. The summed E-state index contributed by atoms with van der Waals surface area (Å²) in [5, 5.41) is 24.1. The van der Waals surface area contributed by atoms with Crippen molar-refractivity contribution in [2.24, 2.45) is 0 Å². The van der Waals surface area contributed by atoms with E-state index < -0.39 is 41.7 Å². The molecule has 2 aliphatic heterocycles. The molecule has 37 heavy (non-hydrogen) atoms. The number of methoxy groups -OCH3 is 1. The van der Waals surface area contributed by atoms with Gasteiger partial charge in [-0.1, -0.05) is 0 Å². The van der Waals surface area contributed by atoms with Gasteiger partial charge < -0.3 is 43.6 Å². The van der Waals surface area contributed by atoms with Gasteiger partial charge in [-0.3, -0.25) is 4.79 Å². The van der Waals surface area contributed by atoms with Crippen LogP contribution in [-0.4, -0.2) is 60.2 Å². The van der Waals surface area contributed by atoms with Crippen LogP contribution >= 0.6 is 0 Å². The number of rotatable bonds is 5. The average molecular weight is 513 g/mol. The maximum Gasteiger partial charge on any atom is 0.360 e. The largest absolute Gasteiger partial charge is 0.462 e. The van der Waals surface area contributed by atoms with Gasteiger partial charge in [-0.05, 0) is 57.2 Å². The number of aliphatic hydroxyl groups is 2. The molecule has 196 valence electrons. The number of hydrogen-bond acceptors (Lipinski definition) is 10. The second-order valence-corrected chi connectivity index (χ2v) is 9.42. The predicted molar refractivity (Wildman–Crippen MR) is 130 cm³/mol. The number of fused-ring (bicyclic) bond motifs is 2. The van der Waals surface area contributed by atoms with Gasteiger partial charge in [0.1, 0.15) is 35.3 Å². The monoisotopic (exact) mass is 513 g/mol. The fourth-order valence-electron chi connectivity index (χ4n) is 4.58. The molecule has 0 radical (unpaired) electrons. The summed E-state index contributed by atoms with van der Waals surface area (Å²) in [5.41, 5.74) is -0.736. The Balaban J connectivity index is 1.38. The first kappa shape index (κ1) is 25.0. The summed E-state index contributed by atoms with van der Waals surface area (Å²) in [6, 6.07) is 9.49. The van der Waals surface area contributed by atoms with E-state index in [9.17, 15) is 19.8 Å². The lowest BCUT2D eigenvalue weighted by Gasteiger charge is -2.46. The smallest absolute Gasteiger partial charge is 0.360 e. The van der Waals surface area contributed by atoms with Crippen molar-refractivity contribution in [3.63, 3.8) is 0 Å². The fraction of sp³-hybridized carbons (Fsp3) is 0.385. The maximum absolute atomic E-state index is 12.7. The number of carbonyl (C=O) groups excluding carboxylic acids is 1. The van der Waals surface area contributed by atoms with E-state index in [-0.39, 0.29) is 29.4 Å². The van der Waals surface area contributed by atoms with E-state index in [1.807, 2.05) is 0 Å². The van der Waals surface area contributed by atoms with E-state index in [2.05, 4.69) is 5.32 Å². The normalized spacial score (nSPS) is 24.2. The van der Waals surface area contributed by atoms with Crippen molar-refractivity contribution < 1.29 is 43.1 Å². The number of benzene rings is 2. The van der Waals surface area contributed by atoms with Gasteiger partial charge in [0, 0.05) is 23.6 Å². The van der Waals surface area contributed by atoms with Gasteiger partial charge >= 0.3 is 5.63 Å². The molecule has 2 aliphatic rings. The Hall–Kier alpha value is -3.64. The van der Waals surface area contributed by atoms with E-state index in [1.165, 1.54) is 19.2 Å². The number of aliphatic hydroxyl groups excluding tert-OH is 2. The third-order valence-electron chi connectivity index (χ3n) is 6.53. The van der Waals surface area contributed by atoms with Crippen LogP contribution in [0.1, 0.15) is 29.8 Å². The van der Waals surface area contributed by atoms with Crippen molar-refractivity contribution in [3.8, 4) is 17.2 Å². The second-order valence-electron chi connectivity index (χ2n) is 9.42. The zero-order valence-corrected chi connectivity index (χ0v) is 20.6. The number of aryl methyl sites for hydroxylation is 1. The topological polar surface area (TPSA) is 146 Å². The molecule has 11 nitrogen and oxygen atoms in total. The van der Waals surface area contributed by atoms with Crippen LogP contribution in [0.25, 0.3) is 11.0 Å². The highest BCUT2D eigenvalue weighted by Gasteiger charge is 2.50. The molecule has 3 heterocycles. The zero-order valence-electron chi connectivity index (χ0n) is 20.6. The molecule has 1 aromatic heterocycles. The fourth-order valence-corrected chi connectivity index (χ4v) is 4.58.